The molecule has 14 heavy (non-hydrogen) atoms. The van der Waals surface area contributed by atoms with Crippen LogP contribution in [0.25, 0.3) is 0 Å². The number of hydrogen-bond donors (Lipinski definition) is 0. The molecule has 0 saturated carbocycles. The zero-order valence-corrected chi connectivity index (χ0v) is 10.4. The summed E-state index contributed by atoms with van der Waals surface area (Å²) in [7, 11) is 0. The first-order valence-electron chi connectivity index (χ1n) is 4.16. The Balaban J connectivity index is 2.10. The van der Waals surface area contributed by atoms with Gasteiger partial charge in [0.1, 0.15) is 0 Å². The van der Waals surface area contributed by atoms with Gasteiger partial charge in [0.15, 0.2) is 4.67 Å². The summed E-state index contributed by atoms with van der Waals surface area (Å²) in [4.78, 5) is 1.29. The van der Waals surface area contributed by atoms with Crippen molar-refractivity contribution in [1.82, 2.24) is 0 Å². The summed E-state index contributed by atoms with van der Waals surface area (Å²) in [5, 5.41) is 2.03. The Morgan fingerprint density at radius 1 is 1.50 bits per heavy atom. The van der Waals surface area contributed by atoms with Crippen LogP contribution in [0.3, 0.4) is 0 Å². The molecule has 1 unspecified atom stereocenters. The van der Waals surface area contributed by atoms with E-state index in [0.717, 1.165) is 16.7 Å². The molecule has 1 nitrogen and oxygen atoms in total. The predicted octanol–water partition coefficient (Wildman–Crippen LogP) is 4.63. The highest BCUT2D eigenvalue weighted by atomic mass is 79.9. The van der Waals surface area contributed by atoms with E-state index in [2.05, 4.69) is 27.4 Å². The summed E-state index contributed by atoms with van der Waals surface area (Å²) < 4.78 is 5.87. The van der Waals surface area contributed by atoms with Crippen molar-refractivity contribution in [3.05, 3.63) is 45.0 Å². The first-order valence-corrected chi connectivity index (χ1v) is 6.27. The van der Waals surface area contributed by atoms with E-state index >= 15 is 0 Å². The number of hydrogen-bond acceptors (Lipinski definition) is 2. The minimum Gasteiger partial charge on any atom is -0.457 e. The summed E-state index contributed by atoms with van der Waals surface area (Å²) in [6, 6.07) is 6.03. The average Bonchev–Trinajstić information content (AvgIpc) is 2.75. The third-order valence-electron chi connectivity index (χ3n) is 1.94. The van der Waals surface area contributed by atoms with Gasteiger partial charge in [-0.2, -0.15) is 0 Å². The van der Waals surface area contributed by atoms with E-state index in [-0.39, 0.29) is 5.38 Å². The number of halogens is 2. The maximum Gasteiger partial charge on any atom is 0.173 e. The van der Waals surface area contributed by atoms with Gasteiger partial charge in [0.05, 0.1) is 11.6 Å². The van der Waals surface area contributed by atoms with E-state index in [9.17, 15) is 0 Å². The van der Waals surface area contributed by atoms with E-state index in [1.54, 1.807) is 17.6 Å². The second kappa shape index (κ2) is 4.51. The molecule has 0 amide bonds. The lowest BCUT2D eigenvalue weighted by atomic mass is 10.1. The molecule has 0 aliphatic carbocycles. The van der Waals surface area contributed by atoms with Gasteiger partial charge in [0.25, 0.3) is 0 Å². The molecule has 0 fully saturated rings. The van der Waals surface area contributed by atoms with Crippen molar-refractivity contribution in [1.29, 1.82) is 0 Å². The summed E-state index contributed by atoms with van der Waals surface area (Å²) >= 11 is 11.3. The number of rotatable bonds is 3. The summed E-state index contributed by atoms with van der Waals surface area (Å²) in [5.41, 5.74) is 1.01. The van der Waals surface area contributed by atoms with Crippen molar-refractivity contribution in [3.63, 3.8) is 0 Å². The number of furan rings is 1. The fourth-order valence-electron chi connectivity index (χ4n) is 1.24. The van der Waals surface area contributed by atoms with Crippen molar-refractivity contribution >= 4 is 38.9 Å². The lowest BCUT2D eigenvalue weighted by Gasteiger charge is -2.05. The van der Waals surface area contributed by atoms with E-state index in [1.807, 2.05) is 12.1 Å². The molecule has 0 saturated heterocycles. The molecule has 0 radical (unpaired) electrons. The molecule has 1 atom stereocenters. The van der Waals surface area contributed by atoms with E-state index in [4.69, 9.17) is 16.0 Å². The van der Waals surface area contributed by atoms with E-state index in [0.29, 0.717) is 0 Å². The molecule has 0 bridgehead atoms. The quantitative estimate of drug-likeness (QED) is 0.752. The fourth-order valence-corrected chi connectivity index (χ4v) is 3.07. The molecule has 4 heteroatoms. The van der Waals surface area contributed by atoms with Gasteiger partial charge < -0.3 is 4.42 Å². The highest BCUT2D eigenvalue weighted by molar-refractivity contribution is 9.10. The van der Waals surface area contributed by atoms with Gasteiger partial charge in [0.2, 0.25) is 0 Å². The Morgan fingerprint density at radius 3 is 2.93 bits per heavy atom. The van der Waals surface area contributed by atoms with Gasteiger partial charge >= 0.3 is 0 Å². The first-order chi connectivity index (χ1) is 6.77. The highest BCUT2D eigenvalue weighted by Crippen LogP contribution is 2.32. The van der Waals surface area contributed by atoms with Crippen LogP contribution in [-0.2, 0) is 6.42 Å². The normalized spacial score (nSPS) is 13.0. The second-order valence-corrected chi connectivity index (χ2v) is 5.18. The predicted molar refractivity (Wildman–Crippen MR) is 63.0 cm³/mol. The van der Waals surface area contributed by atoms with Crippen molar-refractivity contribution in [2.75, 3.05) is 0 Å². The number of alkyl halides is 1. The molecule has 74 valence electrons. The van der Waals surface area contributed by atoms with E-state index in [1.165, 1.54) is 4.88 Å². The maximum absolute atomic E-state index is 6.26. The van der Waals surface area contributed by atoms with Crippen LogP contribution in [0.2, 0.25) is 0 Å². The van der Waals surface area contributed by atoms with Crippen LogP contribution in [-0.4, -0.2) is 0 Å². The average molecular weight is 292 g/mol. The van der Waals surface area contributed by atoms with Crippen molar-refractivity contribution < 1.29 is 4.42 Å². The standard InChI is InChI=1S/C10H8BrClOS/c11-10-8(3-4-13-10)9(12)6-7-2-1-5-14-7/h1-5,9H,6H2. The van der Waals surface area contributed by atoms with Crippen LogP contribution in [0.15, 0.2) is 38.9 Å². The molecule has 0 aliphatic rings. The number of thiophene rings is 1. The first kappa shape index (κ1) is 10.3. The highest BCUT2D eigenvalue weighted by Gasteiger charge is 2.14. The van der Waals surface area contributed by atoms with Crippen LogP contribution < -0.4 is 0 Å². The minimum absolute atomic E-state index is 0.0261. The smallest absolute Gasteiger partial charge is 0.173 e. The van der Waals surface area contributed by atoms with Crippen LogP contribution in [0.4, 0.5) is 0 Å². The van der Waals surface area contributed by atoms with Gasteiger partial charge in [-0.15, -0.1) is 22.9 Å². The van der Waals surface area contributed by atoms with Gasteiger partial charge in [-0.1, -0.05) is 6.07 Å². The van der Waals surface area contributed by atoms with Gasteiger partial charge in [0, 0.05) is 16.9 Å². The Hall–Kier alpha value is -0.250. The second-order valence-electron chi connectivity index (χ2n) is 2.90. The maximum atomic E-state index is 6.26. The summed E-state index contributed by atoms with van der Waals surface area (Å²) in [6.45, 7) is 0. The Morgan fingerprint density at radius 2 is 2.36 bits per heavy atom. The van der Waals surface area contributed by atoms with Crippen LogP contribution in [0, 0.1) is 0 Å². The topological polar surface area (TPSA) is 13.1 Å². The zero-order valence-electron chi connectivity index (χ0n) is 7.24. The molecular weight excluding hydrogens is 284 g/mol. The van der Waals surface area contributed by atoms with Gasteiger partial charge in [-0.25, -0.2) is 0 Å². The van der Waals surface area contributed by atoms with Crippen molar-refractivity contribution in [2.45, 2.75) is 11.8 Å². The van der Waals surface area contributed by atoms with Crippen LogP contribution in [0.5, 0.6) is 0 Å². The minimum atomic E-state index is -0.0261. The Bertz CT molecular complexity index is 396. The summed E-state index contributed by atoms with van der Waals surface area (Å²) in [6.07, 6.45) is 2.49. The molecule has 0 spiro atoms. The fraction of sp³-hybridized carbons (Fsp3) is 0.200. The third-order valence-corrected chi connectivity index (χ3v) is 3.88. The van der Waals surface area contributed by atoms with Gasteiger partial charge in [-0.3, -0.25) is 0 Å². The molecule has 2 aromatic rings. The van der Waals surface area contributed by atoms with Gasteiger partial charge in [-0.05, 0) is 33.4 Å². The molecule has 2 rings (SSSR count). The zero-order chi connectivity index (χ0) is 9.97. The Kier molecular flexibility index (Phi) is 3.31. The monoisotopic (exact) mass is 290 g/mol. The molecular formula is C10H8BrClOS. The van der Waals surface area contributed by atoms with Crippen LogP contribution >= 0.6 is 38.9 Å². The lowest BCUT2D eigenvalue weighted by Crippen LogP contribution is -1.92. The third kappa shape index (κ3) is 2.22. The van der Waals surface area contributed by atoms with Crippen molar-refractivity contribution in [3.8, 4) is 0 Å². The summed E-state index contributed by atoms with van der Waals surface area (Å²) in [5.74, 6) is 0. The molecule has 2 heterocycles. The van der Waals surface area contributed by atoms with Crippen LogP contribution in [0.1, 0.15) is 15.8 Å². The molecule has 0 aliphatic heterocycles. The van der Waals surface area contributed by atoms with Crippen molar-refractivity contribution in [2.24, 2.45) is 0 Å². The lowest BCUT2D eigenvalue weighted by molar-refractivity contribution is 0.536. The largest absolute Gasteiger partial charge is 0.457 e. The molecule has 0 aromatic carbocycles. The Labute approximate surface area is 99.8 Å². The molecule has 2 aromatic heterocycles. The van der Waals surface area contributed by atoms with E-state index < -0.39 is 0 Å². The SMILES string of the molecule is ClC(Cc1cccs1)c1ccoc1Br. The molecule has 0 N–H and O–H groups in total.